The Morgan fingerprint density at radius 3 is 2.67 bits per heavy atom. The number of ether oxygens (including phenoxy) is 1. The molecule has 1 N–H and O–H groups in total. The predicted octanol–water partition coefficient (Wildman–Crippen LogP) is 2.76. The van der Waals surface area contributed by atoms with Gasteiger partial charge in [0.2, 0.25) is 11.8 Å². The average molecular weight is 408 g/mol. The summed E-state index contributed by atoms with van der Waals surface area (Å²) < 4.78 is 5.59. The standard InChI is InChI=1S/C24H29N3O3/c28-23(10-11-24(29)27-16-17-30-22-9-4-3-8-21(22)27)25-13-5-14-26-15-12-19-6-1-2-7-20(19)18-26/h1-4,6-9H,5,10-18H2,(H,25,28). The maximum absolute atomic E-state index is 12.6. The minimum Gasteiger partial charge on any atom is -0.490 e. The summed E-state index contributed by atoms with van der Waals surface area (Å²) in [5, 5.41) is 2.96. The number of anilines is 1. The maximum atomic E-state index is 12.6. The molecule has 4 rings (SSSR count). The summed E-state index contributed by atoms with van der Waals surface area (Å²) in [4.78, 5) is 28.9. The molecular formula is C24H29N3O3. The van der Waals surface area contributed by atoms with E-state index in [0.717, 1.165) is 43.9 Å². The number of nitrogens with one attached hydrogen (secondary N) is 1. The van der Waals surface area contributed by atoms with Crippen LogP contribution in [-0.2, 0) is 22.6 Å². The highest BCUT2D eigenvalue weighted by atomic mass is 16.5. The number of carbonyl (C=O) groups excluding carboxylic acids is 2. The number of hydrogen-bond donors (Lipinski definition) is 1. The van der Waals surface area contributed by atoms with Gasteiger partial charge in [0.1, 0.15) is 12.4 Å². The Bertz CT molecular complexity index is 899. The van der Waals surface area contributed by atoms with Gasteiger partial charge in [0, 0.05) is 39.0 Å². The third-order valence-corrected chi connectivity index (χ3v) is 5.78. The SMILES string of the molecule is O=C(CCC(=O)N1CCOc2ccccc21)NCCCN1CCc2ccccc2C1. The van der Waals surface area contributed by atoms with Gasteiger partial charge < -0.3 is 15.0 Å². The molecule has 0 atom stereocenters. The molecule has 0 aromatic heterocycles. The molecular weight excluding hydrogens is 378 g/mol. The van der Waals surface area contributed by atoms with Crippen molar-refractivity contribution in [3.8, 4) is 5.75 Å². The Balaban J connectivity index is 1.15. The van der Waals surface area contributed by atoms with Crippen molar-refractivity contribution in [1.29, 1.82) is 0 Å². The summed E-state index contributed by atoms with van der Waals surface area (Å²) in [5.41, 5.74) is 3.66. The number of fused-ring (bicyclic) bond motifs is 2. The van der Waals surface area contributed by atoms with Crippen molar-refractivity contribution in [1.82, 2.24) is 10.2 Å². The largest absolute Gasteiger partial charge is 0.490 e. The average Bonchev–Trinajstić information content (AvgIpc) is 2.79. The number of rotatable bonds is 7. The molecule has 2 aromatic carbocycles. The summed E-state index contributed by atoms with van der Waals surface area (Å²) in [6.07, 6.45) is 2.44. The fourth-order valence-corrected chi connectivity index (χ4v) is 4.15. The van der Waals surface area contributed by atoms with E-state index in [9.17, 15) is 9.59 Å². The van der Waals surface area contributed by atoms with Crippen LogP contribution in [0.3, 0.4) is 0 Å². The van der Waals surface area contributed by atoms with E-state index < -0.39 is 0 Å². The summed E-state index contributed by atoms with van der Waals surface area (Å²) >= 11 is 0. The number of nitrogens with zero attached hydrogens (tertiary/aromatic N) is 2. The summed E-state index contributed by atoms with van der Waals surface area (Å²) in [6, 6.07) is 16.1. The third-order valence-electron chi connectivity index (χ3n) is 5.78. The molecule has 30 heavy (non-hydrogen) atoms. The second-order valence-corrected chi connectivity index (χ2v) is 7.86. The van der Waals surface area contributed by atoms with Gasteiger partial charge in [-0.1, -0.05) is 36.4 Å². The monoisotopic (exact) mass is 407 g/mol. The van der Waals surface area contributed by atoms with Crippen LogP contribution in [0.4, 0.5) is 5.69 Å². The minimum absolute atomic E-state index is 0.0344. The maximum Gasteiger partial charge on any atom is 0.227 e. The van der Waals surface area contributed by atoms with Gasteiger partial charge in [-0.3, -0.25) is 14.5 Å². The first-order valence-corrected chi connectivity index (χ1v) is 10.8. The van der Waals surface area contributed by atoms with Crippen molar-refractivity contribution in [2.75, 3.05) is 37.7 Å². The zero-order chi connectivity index (χ0) is 20.8. The highest BCUT2D eigenvalue weighted by molar-refractivity contribution is 5.97. The fourth-order valence-electron chi connectivity index (χ4n) is 4.15. The first kappa shape index (κ1) is 20.4. The molecule has 0 fully saturated rings. The Morgan fingerprint density at radius 2 is 1.77 bits per heavy atom. The van der Waals surface area contributed by atoms with Crippen molar-refractivity contribution in [2.24, 2.45) is 0 Å². The second-order valence-electron chi connectivity index (χ2n) is 7.86. The molecule has 158 valence electrons. The highest BCUT2D eigenvalue weighted by Gasteiger charge is 2.23. The molecule has 0 spiro atoms. The smallest absolute Gasteiger partial charge is 0.227 e. The molecule has 0 saturated carbocycles. The lowest BCUT2D eigenvalue weighted by molar-refractivity contribution is -0.125. The molecule has 0 aliphatic carbocycles. The van der Waals surface area contributed by atoms with E-state index >= 15 is 0 Å². The Kier molecular flexibility index (Phi) is 6.64. The van der Waals surface area contributed by atoms with Gasteiger partial charge in [-0.05, 0) is 36.1 Å². The van der Waals surface area contributed by atoms with Crippen LogP contribution in [0.25, 0.3) is 0 Å². The molecule has 0 radical (unpaired) electrons. The van der Waals surface area contributed by atoms with Gasteiger partial charge in [0.05, 0.1) is 12.2 Å². The fraction of sp³-hybridized carbons (Fsp3) is 0.417. The molecule has 6 nitrogen and oxygen atoms in total. The first-order chi connectivity index (χ1) is 14.7. The number of para-hydroxylation sites is 2. The van der Waals surface area contributed by atoms with E-state index in [0.29, 0.717) is 19.7 Å². The van der Waals surface area contributed by atoms with E-state index in [2.05, 4.69) is 34.5 Å². The number of benzene rings is 2. The van der Waals surface area contributed by atoms with Crippen LogP contribution in [-0.4, -0.2) is 49.5 Å². The van der Waals surface area contributed by atoms with Crippen LogP contribution in [0.2, 0.25) is 0 Å². The van der Waals surface area contributed by atoms with E-state index in [1.54, 1.807) is 4.90 Å². The number of hydrogen-bond acceptors (Lipinski definition) is 4. The Morgan fingerprint density at radius 1 is 0.967 bits per heavy atom. The van der Waals surface area contributed by atoms with Crippen molar-refractivity contribution in [3.05, 3.63) is 59.7 Å². The molecule has 2 aliphatic rings. The Labute approximate surface area is 177 Å². The molecule has 0 saturated heterocycles. The van der Waals surface area contributed by atoms with Gasteiger partial charge in [0.25, 0.3) is 0 Å². The van der Waals surface area contributed by atoms with Crippen molar-refractivity contribution >= 4 is 17.5 Å². The molecule has 0 bridgehead atoms. The van der Waals surface area contributed by atoms with Gasteiger partial charge >= 0.3 is 0 Å². The van der Waals surface area contributed by atoms with Crippen LogP contribution in [0.1, 0.15) is 30.4 Å². The lowest BCUT2D eigenvalue weighted by Gasteiger charge is -2.29. The quantitative estimate of drug-likeness (QED) is 0.717. The van der Waals surface area contributed by atoms with Crippen molar-refractivity contribution in [2.45, 2.75) is 32.2 Å². The summed E-state index contributed by atoms with van der Waals surface area (Å²) in [7, 11) is 0. The summed E-state index contributed by atoms with van der Waals surface area (Å²) in [6.45, 7) is 4.68. The van der Waals surface area contributed by atoms with E-state index in [1.165, 1.54) is 11.1 Å². The van der Waals surface area contributed by atoms with E-state index in [-0.39, 0.29) is 24.7 Å². The predicted molar refractivity (Wildman–Crippen MR) is 117 cm³/mol. The van der Waals surface area contributed by atoms with Gasteiger partial charge in [-0.2, -0.15) is 0 Å². The zero-order valence-electron chi connectivity index (χ0n) is 17.3. The molecule has 0 unspecified atom stereocenters. The van der Waals surface area contributed by atoms with Crippen molar-refractivity contribution in [3.63, 3.8) is 0 Å². The van der Waals surface area contributed by atoms with Gasteiger partial charge in [0.15, 0.2) is 0 Å². The molecule has 2 amide bonds. The summed E-state index contributed by atoms with van der Waals surface area (Å²) in [5.74, 6) is 0.628. The van der Waals surface area contributed by atoms with Gasteiger partial charge in [-0.15, -0.1) is 0 Å². The first-order valence-electron chi connectivity index (χ1n) is 10.8. The van der Waals surface area contributed by atoms with Crippen LogP contribution in [0, 0.1) is 0 Å². The van der Waals surface area contributed by atoms with Crippen LogP contribution in [0.5, 0.6) is 5.75 Å². The van der Waals surface area contributed by atoms with Crippen LogP contribution in [0.15, 0.2) is 48.5 Å². The number of amides is 2. The zero-order valence-corrected chi connectivity index (χ0v) is 17.3. The second kappa shape index (κ2) is 9.76. The van der Waals surface area contributed by atoms with E-state index in [1.807, 2.05) is 24.3 Å². The normalized spacial score (nSPS) is 15.7. The topological polar surface area (TPSA) is 61.9 Å². The molecule has 2 aliphatic heterocycles. The molecule has 2 aromatic rings. The van der Waals surface area contributed by atoms with Crippen LogP contribution >= 0.6 is 0 Å². The highest BCUT2D eigenvalue weighted by Crippen LogP contribution is 2.31. The Hall–Kier alpha value is -2.86. The lowest BCUT2D eigenvalue weighted by atomic mass is 10.00. The lowest BCUT2D eigenvalue weighted by Crippen LogP contribution is -2.38. The number of carbonyl (C=O) groups is 2. The molecule has 6 heteroatoms. The minimum atomic E-state index is -0.0612. The van der Waals surface area contributed by atoms with E-state index in [4.69, 9.17) is 4.74 Å². The molecule has 2 heterocycles. The van der Waals surface area contributed by atoms with Crippen molar-refractivity contribution < 1.29 is 14.3 Å². The van der Waals surface area contributed by atoms with Gasteiger partial charge in [-0.25, -0.2) is 0 Å². The van der Waals surface area contributed by atoms with Crippen LogP contribution < -0.4 is 15.0 Å². The third kappa shape index (κ3) is 5.00.